The van der Waals surface area contributed by atoms with Crippen molar-refractivity contribution in [1.29, 1.82) is 0 Å². The van der Waals surface area contributed by atoms with Gasteiger partial charge in [0, 0.05) is 23.1 Å². The topological polar surface area (TPSA) is 96.0 Å². The van der Waals surface area contributed by atoms with Gasteiger partial charge < -0.3 is 15.0 Å². The second-order valence-corrected chi connectivity index (χ2v) is 12.3. The molecule has 11 heteroatoms. The molecule has 3 rings (SSSR count). The Morgan fingerprint density at radius 2 is 1.66 bits per heavy atom. The first kappa shape index (κ1) is 32.2. The molecule has 3 aromatic rings. The van der Waals surface area contributed by atoms with Crippen molar-refractivity contribution in [1.82, 2.24) is 10.2 Å². The number of carbonyl (C=O) groups is 2. The number of aryl methyl sites for hydroxylation is 1. The first-order valence-electron chi connectivity index (χ1n) is 13.2. The molecule has 0 aliphatic carbocycles. The molecule has 1 atom stereocenters. The number of nitrogens with one attached hydrogen (secondary N) is 1. The van der Waals surface area contributed by atoms with E-state index in [0.29, 0.717) is 27.9 Å². The molecule has 0 heterocycles. The molecular formula is C30H35Cl2N3O5S. The number of sulfonamides is 1. The Morgan fingerprint density at radius 3 is 2.24 bits per heavy atom. The Kier molecular flexibility index (Phi) is 11.5. The number of unbranched alkanes of at least 4 members (excludes halogenated alkanes) is 1. The summed E-state index contributed by atoms with van der Waals surface area (Å²) in [5.41, 5.74) is 1.73. The van der Waals surface area contributed by atoms with Gasteiger partial charge in [0.25, 0.3) is 10.0 Å². The molecule has 0 fully saturated rings. The van der Waals surface area contributed by atoms with E-state index in [1.54, 1.807) is 61.5 Å². The highest BCUT2D eigenvalue weighted by atomic mass is 35.5. The predicted octanol–water partition coefficient (Wildman–Crippen LogP) is 5.84. The van der Waals surface area contributed by atoms with Gasteiger partial charge in [-0.25, -0.2) is 8.42 Å². The molecule has 2 amide bonds. The standard InChI is InChI=1S/C30H35Cl2N3O5S/c1-5-6-17-33-30(37)22(3)34(19-23-9-10-24(31)18-28(23)32)29(36)20-35(25-11-13-26(40-4)14-12-25)41(38,39)27-15-7-21(2)8-16-27/h7-16,18,22H,5-6,17,19-20H2,1-4H3,(H,33,37)/t22-/m1/s1. The van der Waals surface area contributed by atoms with E-state index in [2.05, 4.69) is 5.32 Å². The maximum atomic E-state index is 14.0. The minimum absolute atomic E-state index is 0.0295. The van der Waals surface area contributed by atoms with Gasteiger partial charge in [0.2, 0.25) is 11.8 Å². The lowest BCUT2D eigenvalue weighted by Gasteiger charge is -2.32. The number of rotatable bonds is 13. The quantitative estimate of drug-likeness (QED) is 0.243. The highest BCUT2D eigenvalue weighted by Gasteiger charge is 2.32. The van der Waals surface area contributed by atoms with E-state index in [1.165, 1.54) is 24.1 Å². The number of hydrogen-bond acceptors (Lipinski definition) is 5. The van der Waals surface area contributed by atoms with Gasteiger partial charge in [0.05, 0.1) is 17.7 Å². The van der Waals surface area contributed by atoms with Gasteiger partial charge in [0.1, 0.15) is 18.3 Å². The van der Waals surface area contributed by atoms with Crippen molar-refractivity contribution in [2.24, 2.45) is 0 Å². The predicted molar refractivity (Wildman–Crippen MR) is 163 cm³/mol. The molecule has 3 aromatic carbocycles. The molecule has 0 bridgehead atoms. The third-order valence-corrected chi connectivity index (χ3v) is 8.98. The van der Waals surface area contributed by atoms with Crippen LogP contribution in [-0.4, -0.2) is 51.4 Å². The van der Waals surface area contributed by atoms with E-state index >= 15 is 0 Å². The number of methoxy groups -OCH3 is 1. The summed E-state index contributed by atoms with van der Waals surface area (Å²) in [5.74, 6) is -0.404. The van der Waals surface area contributed by atoms with Crippen LogP contribution in [0.2, 0.25) is 10.0 Å². The average Bonchev–Trinajstić information content (AvgIpc) is 2.95. The van der Waals surface area contributed by atoms with Crippen LogP contribution in [0, 0.1) is 6.92 Å². The van der Waals surface area contributed by atoms with E-state index in [-0.39, 0.29) is 23.0 Å². The smallest absolute Gasteiger partial charge is 0.264 e. The molecule has 8 nitrogen and oxygen atoms in total. The fraction of sp³-hybridized carbons (Fsp3) is 0.333. The summed E-state index contributed by atoms with van der Waals surface area (Å²) < 4.78 is 34.1. The van der Waals surface area contributed by atoms with Crippen LogP contribution in [0.25, 0.3) is 0 Å². The van der Waals surface area contributed by atoms with Gasteiger partial charge in [-0.15, -0.1) is 0 Å². The van der Waals surface area contributed by atoms with Crippen LogP contribution in [0.3, 0.4) is 0 Å². The number of anilines is 1. The average molecular weight is 621 g/mol. The normalized spacial score (nSPS) is 12.0. The van der Waals surface area contributed by atoms with Gasteiger partial charge >= 0.3 is 0 Å². The molecule has 0 aliphatic heterocycles. The highest BCUT2D eigenvalue weighted by molar-refractivity contribution is 7.92. The number of nitrogens with zero attached hydrogens (tertiary/aromatic N) is 2. The number of amides is 2. The monoisotopic (exact) mass is 619 g/mol. The van der Waals surface area contributed by atoms with Crippen LogP contribution in [0.15, 0.2) is 71.6 Å². The Balaban J connectivity index is 2.02. The zero-order valence-corrected chi connectivity index (χ0v) is 25.9. The third kappa shape index (κ3) is 8.38. The van der Waals surface area contributed by atoms with Gasteiger partial charge in [0.15, 0.2) is 0 Å². The number of ether oxygens (including phenoxy) is 1. The molecule has 220 valence electrons. The van der Waals surface area contributed by atoms with Gasteiger partial charge in [-0.3, -0.25) is 13.9 Å². The summed E-state index contributed by atoms with van der Waals surface area (Å²) in [4.78, 5) is 28.4. The fourth-order valence-corrected chi connectivity index (χ4v) is 5.95. The van der Waals surface area contributed by atoms with E-state index in [0.717, 1.165) is 22.7 Å². The van der Waals surface area contributed by atoms with Gasteiger partial charge in [-0.2, -0.15) is 0 Å². The summed E-state index contributed by atoms with van der Waals surface area (Å²) in [7, 11) is -2.66. The Labute approximate surface area is 252 Å². The van der Waals surface area contributed by atoms with Crippen molar-refractivity contribution in [3.63, 3.8) is 0 Å². The van der Waals surface area contributed by atoms with E-state index in [1.807, 2.05) is 13.8 Å². The summed E-state index contributed by atoms with van der Waals surface area (Å²) >= 11 is 12.5. The Bertz CT molecular complexity index is 1450. The summed E-state index contributed by atoms with van der Waals surface area (Å²) in [6, 6.07) is 16.7. The van der Waals surface area contributed by atoms with Gasteiger partial charge in [-0.05, 0) is 74.4 Å². The number of halogens is 2. The van der Waals surface area contributed by atoms with Crippen LogP contribution >= 0.6 is 23.2 Å². The van der Waals surface area contributed by atoms with Crippen molar-refractivity contribution in [2.75, 3.05) is 24.5 Å². The van der Waals surface area contributed by atoms with Crippen molar-refractivity contribution in [3.05, 3.63) is 87.9 Å². The van der Waals surface area contributed by atoms with E-state index < -0.39 is 28.5 Å². The number of hydrogen-bond donors (Lipinski definition) is 1. The Hall–Kier alpha value is -3.27. The molecule has 0 saturated heterocycles. The van der Waals surface area contributed by atoms with Gasteiger partial charge in [-0.1, -0.05) is 60.3 Å². The van der Waals surface area contributed by atoms with Crippen molar-refractivity contribution in [3.8, 4) is 5.75 Å². The second-order valence-electron chi connectivity index (χ2n) is 9.60. The van der Waals surface area contributed by atoms with Crippen LogP contribution in [-0.2, 0) is 26.2 Å². The van der Waals surface area contributed by atoms with Crippen molar-refractivity contribution >= 4 is 50.7 Å². The maximum absolute atomic E-state index is 14.0. The summed E-state index contributed by atoms with van der Waals surface area (Å²) in [6.07, 6.45) is 1.68. The third-order valence-electron chi connectivity index (χ3n) is 6.60. The lowest BCUT2D eigenvalue weighted by atomic mass is 10.1. The van der Waals surface area contributed by atoms with Crippen molar-refractivity contribution < 1.29 is 22.7 Å². The zero-order valence-electron chi connectivity index (χ0n) is 23.6. The zero-order chi connectivity index (χ0) is 30.2. The largest absolute Gasteiger partial charge is 0.497 e. The molecule has 0 aliphatic rings. The lowest BCUT2D eigenvalue weighted by molar-refractivity contribution is -0.139. The summed E-state index contributed by atoms with van der Waals surface area (Å²) in [5, 5.41) is 3.61. The first-order chi connectivity index (χ1) is 19.5. The minimum Gasteiger partial charge on any atom is -0.497 e. The molecular weight excluding hydrogens is 585 g/mol. The Morgan fingerprint density at radius 1 is 1.00 bits per heavy atom. The lowest BCUT2D eigenvalue weighted by Crippen LogP contribution is -2.51. The molecule has 0 aromatic heterocycles. The first-order valence-corrected chi connectivity index (χ1v) is 15.4. The molecule has 41 heavy (non-hydrogen) atoms. The fourth-order valence-electron chi connectivity index (χ4n) is 4.07. The SMILES string of the molecule is CCCCNC(=O)[C@@H](C)N(Cc1ccc(Cl)cc1Cl)C(=O)CN(c1ccc(OC)cc1)S(=O)(=O)c1ccc(C)cc1. The minimum atomic E-state index is -4.17. The van der Waals surface area contributed by atoms with E-state index in [9.17, 15) is 18.0 Å². The maximum Gasteiger partial charge on any atom is 0.264 e. The number of carbonyl (C=O) groups excluding carboxylic acids is 2. The van der Waals surface area contributed by atoms with Crippen LogP contribution < -0.4 is 14.4 Å². The number of benzene rings is 3. The second kappa shape index (κ2) is 14.6. The molecule has 0 saturated carbocycles. The van der Waals surface area contributed by atoms with Crippen LogP contribution in [0.1, 0.15) is 37.8 Å². The molecule has 0 spiro atoms. The van der Waals surface area contributed by atoms with Crippen molar-refractivity contribution in [2.45, 2.75) is 51.1 Å². The van der Waals surface area contributed by atoms with Crippen LogP contribution in [0.5, 0.6) is 5.75 Å². The highest BCUT2D eigenvalue weighted by Crippen LogP contribution is 2.28. The van der Waals surface area contributed by atoms with E-state index in [4.69, 9.17) is 27.9 Å². The molecule has 0 unspecified atom stereocenters. The summed E-state index contributed by atoms with van der Waals surface area (Å²) in [6.45, 7) is 5.35. The molecule has 0 radical (unpaired) electrons. The van der Waals surface area contributed by atoms with Crippen LogP contribution in [0.4, 0.5) is 5.69 Å². The molecule has 1 N–H and O–H groups in total.